The number of sulfonamides is 1. The number of rotatable bonds is 9. The number of hydrogen-bond donors (Lipinski definition) is 4. The van der Waals surface area contributed by atoms with E-state index in [1.165, 1.54) is 19.2 Å². The minimum Gasteiger partial charge on any atom is -0.397 e. The lowest BCUT2D eigenvalue weighted by molar-refractivity contribution is 0.255. The van der Waals surface area contributed by atoms with Crippen molar-refractivity contribution in [3.8, 4) is 0 Å². The highest BCUT2D eigenvalue weighted by Gasteiger charge is 2.13. The first-order valence-corrected chi connectivity index (χ1v) is 8.60. The van der Waals surface area contributed by atoms with Gasteiger partial charge >= 0.3 is 0 Å². The lowest BCUT2D eigenvalue weighted by Gasteiger charge is -2.18. The normalized spacial score (nSPS) is 13.1. The second kappa shape index (κ2) is 8.21. The first kappa shape index (κ1) is 17.7. The summed E-state index contributed by atoms with van der Waals surface area (Å²) in [6.45, 7) is 2.98. The van der Waals surface area contributed by atoms with Gasteiger partial charge in [0.05, 0.1) is 16.3 Å². The third kappa shape index (κ3) is 5.18. The van der Waals surface area contributed by atoms with Crippen molar-refractivity contribution in [3.05, 3.63) is 18.2 Å². The molecule has 0 spiro atoms. The molecule has 0 saturated heterocycles. The molecule has 0 saturated carbocycles. The summed E-state index contributed by atoms with van der Waals surface area (Å²) in [5.74, 6) is 0.375. The summed E-state index contributed by atoms with van der Waals surface area (Å²) in [5.41, 5.74) is 7.01. The number of nitrogens with one attached hydrogen (secondary N) is 2. The molecule has 1 rings (SSSR count). The van der Waals surface area contributed by atoms with Gasteiger partial charge in [0.2, 0.25) is 10.0 Å². The van der Waals surface area contributed by atoms with Crippen LogP contribution >= 0.6 is 0 Å². The molecule has 0 heterocycles. The smallest absolute Gasteiger partial charge is 0.240 e. The van der Waals surface area contributed by atoms with Crippen LogP contribution in [0.25, 0.3) is 0 Å². The predicted octanol–water partition coefficient (Wildman–Crippen LogP) is 1.39. The highest BCUT2D eigenvalue weighted by atomic mass is 32.2. The Morgan fingerprint density at radius 1 is 1.33 bits per heavy atom. The summed E-state index contributed by atoms with van der Waals surface area (Å²) in [4.78, 5) is 0.147. The van der Waals surface area contributed by atoms with Crippen molar-refractivity contribution in [3.63, 3.8) is 0 Å². The van der Waals surface area contributed by atoms with E-state index in [-0.39, 0.29) is 11.5 Å². The zero-order chi connectivity index (χ0) is 15.9. The fraction of sp³-hybridized carbons (Fsp3) is 0.571. The maximum absolute atomic E-state index is 11.7. The van der Waals surface area contributed by atoms with Crippen molar-refractivity contribution < 1.29 is 13.5 Å². The number of benzene rings is 1. The Balaban J connectivity index is 2.77. The van der Waals surface area contributed by atoms with Gasteiger partial charge in [0, 0.05) is 13.2 Å². The van der Waals surface area contributed by atoms with Gasteiger partial charge in [-0.15, -0.1) is 0 Å². The number of nitrogen functional groups attached to an aromatic ring is 1. The third-order valence-electron chi connectivity index (χ3n) is 3.42. The summed E-state index contributed by atoms with van der Waals surface area (Å²) in [6.07, 6.45) is 2.83. The van der Waals surface area contributed by atoms with E-state index < -0.39 is 10.0 Å². The fourth-order valence-electron chi connectivity index (χ4n) is 2.18. The SMILES string of the molecule is CCCC(CCO)CNc1ccc(S(=O)(=O)NC)cc1N. The van der Waals surface area contributed by atoms with E-state index in [1.54, 1.807) is 6.07 Å². The van der Waals surface area contributed by atoms with Crippen LogP contribution in [0.4, 0.5) is 11.4 Å². The van der Waals surface area contributed by atoms with Crippen molar-refractivity contribution in [1.29, 1.82) is 0 Å². The highest BCUT2D eigenvalue weighted by molar-refractivity contribution is 7.89. The van der Waals surface area contributed by atoms with Gasteiger partial charge in [0.1, 0.15) is 0 Å². The number of aliphatic hydroxyl groups is 1. The highest BCUT2D eigenvalue weighted by Crippen LogP contribution is 2.23. The number of nitrogens with two attached hydrogens (primary N) is 1. The Labute approximate surface area is 126 Å². The Hall–Kier alpha value is -1.31. The standard InChI is InChI=1S/C14H25N3O3S/c1-3-4-11(7-8-18)10-17-14-6-5-12(9-13(14)15)21(19,20)16-2/h5-6,9,11,16-18H,3-4,7-8,10,15H2,1-2H3. The first-order chi connectivity index (χ1) is 9.94. The Bertz CT molecular complexity index is 540. The first-order valence-electron chi connectivity index (χ1n) is 7.12. The van der Waals surface area contributed by atoms with Gasteiger partial charge in [-0.3, -0.25) is 0 Å². The molecule has 1 aromatic rings. The van der Waals surface area contributed by atoms with Crippen molar-refractivity contribution in [2.45, 2.75) is 31.1 Å². The van der Waals surface area contributed by atoms with E-state index >= 15 is 0 Å². The van der Waals surface area contributed by atoms with Crippen LogP contribution in [0.15, 0.2) is 23.1 Å². The molecule has 0 aliphatic heterocycles. The maximum Gasteiger partial charge on any atom is 0.240 e. The van der Waals surface area contributed by atoms with Gasteiger partial charge in [-0.25, -0.2) is 13.1 Å². The maximum atomic E-state index is 11.7. The Kier molecular flexibility index (Phi) is 6.94. The van der Waals surface area contributed by atoms with Crippen molar-refractivity contribution in [2.24, 2.45) is 5.92 Å². The van der Waals surface area contributed by atoms with Crippen LogP contribution in [0.3, 0.4) is 0 Å². The van der Waals surface area contributed by atoms with Crippen LogP contribution in [0.2, 0.25) is 0 Å². The van der Waals surface area contributed by atoms with E-state index in [2.05, 4.69) is 17.0 Å². The van der Waals surface area contributed by atoms with Gasteiger partial charge in [0.25, 0.3) is 0 Å². The number of anilines is 2. The van der Waals surface area contributed by atoms with Crippen LogP contribution in [0.1, 0.15) is 26.2 Å². The molecule has 120 valence electrons. The minimum absolute atomic E-state index is 0.147. The molecule has 0 fully saturated rings. The molecule has 0 bridgehead atoms. The molecule has 1 aromatic carbocycles. The minimum atomic E-state index is -3.48. The molecular formula is C14H25N3O3S. The van der Waals surface area contributed by atoms with Crippen LogP contribution in [0.5, 0.6) is 0 Å². The average Bonchev–Trinajstić information content (AvgIpc) is 2.46. The second-order valence-corrected chi connectivity index (χ2v) is 6.89. The lowest BCUT2D eigenvalue weighted by atomic mass is 10.00. The van der Waals surface area contributed by atoms with E-state index in [0.29, 0.717) is 23.8 Å². The quantitative estimate of drug-likeness (QED) is 0.515. The van der Waals surface area contributed by atoms with Crippen LogP contribution in [0, 0.1) is 5.92 Å². The van der Waals surface area contributed by atoms with E-state index in [9.17, 15) is 8.42 Å². The van der Waals surface area contributed by atoms with Gasteiger partial charge in [-0.2, -0.15) is 0 Å². The predicted molar refractivity (Wildman–Crippen MR) is 85.7 cm³/mol. The van der Waals surface area contributed by atoms with Crippen LogP contribution in [-0.4, -0.2) is 33.7 Å². The molecule has 0 aromatic heterocycles. The Morgan fingerprint density at radius 3 is 2.57 bits per heavy atom. The third-order valence-corrected chi connectivity index (χ3v) is 4.83. The summed E-state index contributed by atoms with van der Waals surface area (Å²) >= 11 is 0. The molecule has 6 nitrogen and oxygen atoms in total. The monoisotopic (exact) mass is 315 g/mol. The molecule has 1 atom stereocenters. The lowest BCUT2D eigenvalue weighted by Crippen LogP contribution is -2.19. The zero-order valence-corrected chi connectivity index (χ0v) is 13.4. The summed E-state index contributed by atoms with van der Waals surface area (Å²) in [6, 6.07) is 4.63. The van der Waals surface area contributed by atoms with Crippen molar-refractivity contribution >= 4 is 21.4 Å². The number of aliphatic hydroxyl groups excluding tert-OH is 1. The molecule has 1 unspecified atom stereocenters. The van der Waals surface area contributed by atoms with Gasteiger partial charge in [-0.1, -0.05) is 13.3 Å². The van der Waals surface area contributed by atoms with E-state index in [4.69, 9.17) is 10.8 Å². The fourth-order valence-corrected chi connectivity index (χ4v) is 2.95. The Morgan fingerprint density at radius 2 is 2.05 bits per heavy atom. The van der Waals surface area contributed by atoms with Crippen molar-refractivity contribution in [2.75, 3.05) is 31.2 Å². The molecular weight excluding hydrogens is 290 g/mol. The summed E-state index contributed by atoms with van der Waals surface area (Å²) in [5, 5.41) is 12.3. The van der Waals surface area contributed by atoms with E-state index in [1.807, 2.05) is 0 Å². The van der Waals surface area contributed by atoms with Gasteiger partial charge in [0.15, 0.2) is 0 Å². The van der Waals surface area contributed by atoms with Crippen molar-refractivity contribution in [1.82, 2.24) is 4.72 Å². The largest absolute Gasteiger partial charge is 0.397 e. The van der Waals surface area contributed by atoms with E-state index in [0.717, 1.165) is 19.3 Å². The summed E-state index contributed by atoms with van der Waals surface area (Å²) < 4.78 is 25.6. The molecule has 0 radical (unpaired) electrons. The molecule has 7 heteroatoms. The van der Waals surface area contributed by atoms with Gasteiger partial charge in [-0.05, 0) is 44.0 Å². The second-order valence-electron chi connectivity index (χ2n) is 5.00. The molecule has 0 aliphatic carbocycles. The zero-order valence-electron chi connectivity index (χ0n) is 12.6. The molecule has 21 heavy (non-hydrogen) atoms. The van der Waals surface area contributed by atoms with Crippen LogP contribution < -0.4 is 15.8 Å². The molecule has 0 amide bonds. The molecule has 0 aliphatic rings. The summed E-state index contributed by atoms with van der Waals surface area (Å²) in [7, 11) is -2.11. The average molecular weight is 315 g/mol. The van der Waals surface area contributed by atoms with Gasteiger partial charge < -0.3 is 16.2 Å². The number of hydrogen-bond acceptors (Lipinski definition) is 5. The van der Waals surface area contributed by atoms with Crippen LogP contribution in [-0.2, 0) is 10.0 Å². The topological polar surface area (TPSA) is 104 Å². The molecule has 5 N–H and O–H groups in total.